The van der Waals surface area contributed by atoms with Gasteiger partial charge in [-0.25, -0.2) is 17.6 Å². The Kier molecular flexibility index (Phi) is 7.54. The van der Waals surface area contributed by atoms with Crippen LogP contribution >= 0.6 is 23.2 Å². The molecular formula is C19H18Cl2FNO6S. The molecular weight excluding hydrogens is 460 g/mol. The molecule has 1 fully saturated rings. The zero-order valence-corrected chi connectivity index (χ0v) is 18.0. The second-order valence-electron chi connectivity index (χ2n) is 6.19. The highest BCUT2D eigenvalue weighted by atomic mass is 35.5. The number of sulfonamides is 1. The van der Waals surface area contributed by atoms with Crippen LogP contribution in [-0.2, 0) is 19.5 Å². The maximum atomic E-state index is 13.5. The minimum atomic E-state index is -3.94. The second-order valence-corrected chi connectivity index (χ2v) is 8.91. The Morgan fingerprint density at radius 3 is 2.50 bits per heavy atom. The Balaban J connectivity index is 1.70. The van der Waals surface area contributed by atoms with Gasteiger partial charge in [0, 0.05) is 13.1 Å². The first-order valence-electron chi connectivity index (χ1n) is 8.92. The molecule has 0 aliphatic carbocycles. The maximum absolute atomic E-state index is 13.5. The number of hydrogen-bond acceptors (Lipinski definition) is 6. The standard InChI is InChI=1S/C19H18Cl2FNO6S/c20-14-12-15(21)18(30(25,26)23-5-7-27-8-6-23)11-13(14)19(24)29-10-9-28-17-4-2-1-3-16(17)22/h1-4,11-12H,5-10H2. The van der Waals surface area contributed by atoms with E-state index in [9.17, 15) is 17.6 Å². The van der Waals surface area contributed by atoms with Gasteiger partial charge in [0.2, 0.25) is 10.0 Å². The van der Waals surface area contributed by atoms with Crippen LogP contribution in [0.5, 0.6) is 5.75 Å². The van der Waals surface area contributed by atoms with Crippen molar-refractivity contribution in [3.63, 3.8) is 0 Å². The summed E-state index contributed by atoms with van der Waals surface area (Å²) in [4.78, 5) is 12.2. The summed E-state index contributed by atoms with van der Waals surface area (Å²) in [7, 11) is -3.94. The van der Waals surface area contributed by atoms with Crippen molar-refractivity contribution in [2.75, 3.05) is 39.5 Å². The van der Waals surface area contributed by atoms with Gasteiger partial charge in [0.15, 0.2) is 11.6 Å². The normalized spacial score (nSPS) is 15.0. The lowest BCUT2D eigenvalue weighted by molar-refractivity contribution is 0.0448. The first-order valence-corrected chi connectivity index (χ1v) is 11.1. The third-order valence-corrected chi connectivity index (χ3v) is 6.92. The number of para-hydroxylation sites is 1. The Labute approximate surface area is 183 Å². The van der Waals surface area contributed by atoms with E-state index in [4.69, 9.17) is 37.4 Å². The summed E-state index contributed by atoms with van der Waals surface area (Å²) in [5, 5.41) is -0.160. The number of halogens is 3. The maximum Gasteiger partial charge on any atom is 0.339 e. The monoisotopic (exact) mass is 477 g/mol. The minimum Gasteiger partial charge on any atom is -0.487 e. The largest absolute Gasteiger partial charge is 0.487 e. The van der Waals surface area contributed by atoms with E-state index in [1.165, 1.54) is 28.6 Å². The number of morpholine rings is 1. The fraction of sp³-hybridized carbons (Fsp3) is 0.316. The van der Waals surface area contributed by atoms with Crippen molar-refractivity contribution in [2.45, 2.75) is 4.90 Å². The lowest BCUT2D eigenvalue weighted by Crippen LogP contribution is -2.40. The van der Waals surface area contributed by atoms with Crippen molar-refractivity contribution in [3.05, 3.63) is 57.8 Å². The van der Waals surface area contributed by atoms with E-state index in [1.807, 2.05) is 0 Å². The molecule has 0 spiro atoms. The Morgan fingerprint density at radius 2 is 1.80 bits per heavy atom. The Morgan fingerprint density at radius 1 is 1.10 bits per heavy atom. The molecule has 0 saturated carbocycles. The van der Waals surface area contributed by atoms with Crippen LogP contribution in [-0.4, -0.2) is 58.2 Å². The summed E-state index contributed by atoms with van der Waals surface area (Å²) < 4.78 is 55.9. The number of rotatable bonds is 7. The molecule has 7 nitrogen and oxygen atoms in total. The van der Waals surface area contributed by atoms with Crippen molar-refractivity contribution >= 4 is 39.2 Å². The van der Waals surface area contributed by atoms with Crippen LogP contribution in [0.15, 0.2) is 41.3 Å². The van der Waals surface area contributed by atoms with Gasteiger partial charge in [-0.2, -0.15) is 4.31 Å². The summed E-state index contributed by atoms with van der Waals surface area (Å²) in [5.74, 6) is -1.37. The second kappa shape index (κ2) is 9.93. The predicted molar refractivity (Wildman–Crippen MR) is 108 cm³/mol. The molecule has 0 aromatic heterocycles. The van der Waals surface area contributed by atoms with Crippen LogP contribution in [0.25, 0.3) is 0 Å². The molecule has 1 aliphatic heterocycles. The average molecular weight is 478 g/mol. The van der Waals surface area contributed by atoms with Crippen LogP contribution in [0.1, 0.15) is 10.4 Å². The van der Waals surface area contributed by atoms with Gasteiger partial charge in [-0.15, -0.1) is 0 Å². The molecule has 1 heterocycles. The molecule has 1 saturated heterocycles. The summed E-state index contributed by atoms with van der Waals surface area (Å²) in [5.41, 5.74) is -0.154. The molecule has 2 aromatic rings. The Hall–Kier alpha value is -1.91. The third kappa shape index (κ3) is 5.22. The van der Waals surface area contributed by atoms with E-state index < -0.39 is 21.8 Å². The van der Waals surface area contributed by atoms with E-state index >= 15 is 0 Å². The van der Waals surface area contributed by atoms with E-state index in [-0.39, 0.29) is 65.8 Å². The van der Waals surface area contributed by atoms with Crippen molar-refractivity contribution in [2.24, 2.45) is 0 Å². The number of carbonyl (C=O) groups is 1. The van der Waals surface area contributed by atoms with Gasteiger partial charge in [-0.1, -0.05) is 35.3 Å². The fourth-order valence-corrected chi connectivity index (χ4v) is 4.97. The zero-order valence-electron chi connectivity index (χ0n) is 15.6. The SMILES string of the molecule is O=C(OCCOc1ccccc1F)c1cc(S(=O)(=O)N2CCOCC2)c(Cl)cc1Cl. The van der Waals surface area contributed by atoms with Crippen LogP contribution in [0.2, 0.25) is 10.0 Å². The molecule has 3 rings (SSSR count). The number of carbonyl (C=O) groups excluding carboxylic acids is 1. The van der Waals surface area contributed by atoms with Crippen LogP contribution in [0.4, 0.5) is 4.39 Å². The van der Waals surface area contributed by atoms with Gasteiger partial charge in [0.25, 0.3) is 0 Å². The minimum absolute atomic E-state index is 0.0250. The molecule has 0 radical (unpaired) electrons. The van der Waals surface area contributed by atoms with Crippen LogP contribution in [0, 0.1) is 5.82 Å². The molecule has 11 heteroatoms. The molecule has 2 aromatic carbocycles. The summed E-state index contributed by atoms with van der Waals surface area (Å²) in [6.07, 6.45) is 0. The highest BCUT2D eigenvalue weighted by Gasteiger charge is 2.30. The van der Waals surface area contributed by atoms with Crippen molar-refractivity contribution < 1.29 is 31.8 Å². The fourth-order valence-electron chi connectivity index (χ4n) is 2.73. The molecule has 0 atom stereocenters. The molecule has 0 unspecified atom stereocenters. The molecule has 0 bridgehead atoms. The van der Waals surface area contributed by atoms with Gasteiger partial charge in [0.1, 0.15) is 18.1 Å². The number of hydrogen-bond donors (Lipinski definition) is 0. The topological polar surface area (TPSA) is 82.1 Å². The highest BCUT2D eigenvalue weighted by molar-refractivity contribution is 7.89. The Bertz CT molecular complexity index is 1030. The zero-order chi connectivity index (χ0) is 21.7. The van der Waals surface area contributed by atoms with Crippen molar-refractivity contribution in [1.82, 2.24) is 4.31 Å². The average Bonchev–Trinajstić information content (AvgIpc) is 2.72. The highest BCUT2D eigenvalue weighted by Crippen LogP contribution is 2.31. The molecule has 0 N–H and O–H groups in total. The first-order chi connectivity index (χ1) is 14.3. The first kappa shape index (κ1) is 22.8. The molecule has 1 aliphatic rings. The van der Waals surface area contributed by atoms with Gasteiger partial charge in [0.05, 0.1) is 28.8 Å². The van der Waals surface area contributed by atoms with Crippen LogP contribution in [0.3, 0.4) is 0 Å². The van der Waals surface area contributed by atoms with Gasteiger partial charge in [-0.3, -0.25) is 0 Å². The smallest absolute Gasteiger partial charge is 0.339 e. The van der Waals surface area contributed by atoms with Crippen molar-refractivity contribution in [1.29, 1.82) is 0 Å². The van der Waals surface area contributed by atoms with Gasteiger partial charge < -0.3 is 14.2 Å². The van der Waals surface area contributed by atoms with E-state index in [0.29, 0.717) is 0 Å². The van der Waals surface area contributed by atoms with E-state index in [0.717, 1.165) is 6.07 Å². The third-order valence-electron chi connectivity index (χ3n) is 4.24. The number of nitrogens with zero attached hydrogens (tertiary/aromatic N) is 1. The summed E-state index contributed by atoms with van der Waals surface area (Å²) >= 11 is 12.2. The molecule has 162 valence electrons. The van der Waals surface area contributed by atoms with Gasteiger partial charge >= 0.3 is 5.97 Å². The summed E-state index contributed by atoms with van der Waals surface area (Å²) in [6, 6.07) is 8.08. The lowest BCUT2D eigenvalue weighted by atomic mass is 10.2. The van der Waals surface area contributed by atoms with Crippen LogP contribution < -0.4 is 4.74 Å². The predicted octanol–water partition coefficient (Wildman–Crippen LogP) is 3.39. The number of esters is 1. The van der Waals surface area contributed by atoms with Gasteiger partial charge in [-0.05, 0) is 24.3 Å². The number of benzene rings is 2. The lowest BCUT2D eigenvalue weighted by Gasteiger charge is -2.26. The van der Waals surface area contributed by atoms with E-state index in [2.05, 4.69) is 0 Å². The summed E-state index contributed by atoms with van der Waals surface area (Å²) in [6.45, 7) is 0.583. The van der Waals surface area contributed by atoms with Crippen molar-refractivity contribution in [3.8, 4) is 5.75 Å². The number of ether oxygens (including phenoxy) is 3. The molecule has 0 amide bonds. The quantitative estimate of drug-likeness (QED) is 0.449. The molecule has 30 heavy (non-hydrogen) atoms. The van der Waals surface area contributed by atoms with E-state index in [1.54, 1.807) is 6.07 Å².